The van der Waals surface area contributed by atoms with Crippen LogP contribution in [0.4, 0.5) is 0 Å². The zero-order valence-electron chi connectivity index (χ0n) is 7.87. The standard InChI is InChI=1S/C8H15NO4/c1-6(2)8(12)13-5-7(11)9-3-4-10/h6,10H,3-5H2,1-2H3,(H,9,11). The molecule has 0 aliphatic carbocycles. The number of rotatable bonds is 5. The predicted octanol–water partition coefficient (Wildman–Crippen LogP) is -0.706. The maximum absolute atomic E-state index is 10.9. The molecule has 0 aromatic carbocycles. The molecule has 0 aromatic rings. The second kappa shape index (κ2) is 6.42. The van der Waals surface area contributed by atoms with Gasteiger partial charge in [-0.25, -0.2) is 0 Å². The average Bonchev–Trinajstić information content (AvgIpc) is 2.10. The summed E-state index contributed by atoms with van der Waals surface area (Å²) < 4.78 is 4.63. The minimum absolute atomic E-state index is 0.121. The smallest absolute Gasteiger partial charge is 0.308 e. The van der Waals surface area contributed by atoms with Crippen LogP contribution in [0.3, 0.4) is 0 Å². The van der Waals surface area contributed by atoms with Gasteiger partial charge in [0, 0.05) is 6.54 Å². The van der Waals surface area contributed by atoms with Gasteiger partial charge < -0.3 is 15.2 Å². The summed E-state index contributed by atoms with van der Waals surface area (Å²) in [6, 6.07) is 0. The first-order chi connectivity index (χ1) is 6.07. The lowest BCUT2D eigenvalue weighted by Crippen LogP contribution is -2.31. The van der Waals surface area contributed by atoms with Crippen molar-refractivity contribution in [2.45, 2.75) is 13.8 Å². The molecule has 5 heteroatoms. The number of carbonyl (C=O) groups excluding carboxylic acids is 2. The molecule has 0 aromatic heterocycles. The Balaban J connectivity index is 3.52. The van der Waals surface area contributed by atoms with E-state index in [1.54, 1.807) is 13.8 Å². The second-order valence-electron chi connectivity index (χ2n) is 2.84. The molecule has 13 heavy (non-hydrogen) atoms. The van der Waals surface area contributed by atoms with E-state index in [2.05, 4.69) is 10.1 Å². The van der Waals surface area contributed by atoms with E-state index in [0.29, 0.717) is 0 Å². The number of carbonyl (C=O) groups is 2. The van der Waals surface area contributed by atoms with Gasteiger partial charge in [0.25, 0.3) is 5.91 Å². The molecular weight excluding hydrogens is 174 g/mol. The fraction of sp³-hybridized carbons (Fsp3) is 0.750. The van der Waals surface area contributed by atoms with Gasteiger partial charge in [-0.15, -0.1) is 0 Å². The van der Waals surface area contributed by atoms with E-state index in [0.717, 1.165) is 0 Å². The molecule has 0 aliphatic heterocycles. The molecule has 0 heterocycles. The third-order valence-electron chi connectivity index (χ3n) is 1.25. The zero-order chi connectivity index (χ0) is 10.3. The Labute approximate surface area is 77.1 Å². The fourth-order valence-corrected chi connectivity index (χ4v) is 0.550. The number of ether oxygens (including phenoxy) is 1. The first-order valence-electron chi connectivity index (χ1n) is 4.12. The highest BCUT2D eigenvalue weighted by Crippen LogP contribution is 1.94. The van der Waals surface area contributed by atoms with Gasteiger partial charge in [-0.1, -0.05) is 13.8 Å². The van der Waals surface area contributed by atoms with Crippen molar-refractivity contribution in [3.8, 4) is 0 Å². The van der Waals surface area contributed by atoms with E-state index in [4.69, 9.17) is 5.11 Å². The van der Waals surface area contributed by atoms with Crippen molar-refractivity contribution >= 4 is 11.9 Å². The number of nitrogens with one attached hydrogen (secondary N) is 1. The third-order valence-corrected chi connectivity index (χ3v) is 1.25. The summed E-state index contributed by atoms with van der Waals surface area (Å²) in [6.07, 6.45) is 0. The van der Waals surface area contributed by atoms with Crippen LogP contribution in [0.2, 0.25) is 0 Å². The highest BCUT2D eigenvalue weighted by molar-refractivity contribution is 5.80. The van der Waals surface area contributed by atoms with Crippen molar-refractivity contribution in [1.29, 1.82) is 0 Å². The van der Waals surface area contributed by atoms with Crippen LogP contribution >= 0.6 is 0 Å². The molecule has 0 bridgehead atoms. The molecule has 0 rings (SSSR count). The van der Waals surface area contributed by atoms with E-state index in [9.17, 15) is 9.59 Å². The van der Waals surface area contributed by atoms with E-state index in [1.165, 1.54) is 0 Å². The van der Waals surface area contributed by atoms with Gasteiger partial charge in [-0.2, -0.15) is 0 Å². The van der Waals surface area contributed by atoms with E-state index < -0.39 is 11.9 Å². The first kappa shape index (κ1) is 11.9. The number of aliphatic hydroxyl groups excluding tert-OH is 1. The third kappa shape index (κ3) is 6.10. The molecule has 0 unspecified atom stereocenters. The first-order valence-corrected chi connectivity index (χ1v) is 4.12. The van der Waals surface area contributed by atoms with Gasteiger partial charge in [0.2, 0.25) is 0 Å². The summed E-state index contributed by atoms with van der Waals surface area (Å²) in [5, 5.41) is 10.7. The lowest BCUT2D eigenvalue weighted by atomic mass is 10.2. The topological polar surface area (TPSA) is 75.6 Å². The maximum Gasteiger partial charge on any atom is 0.308 e. The summed E-state index contributed by atoms with van der Waals surface area (Å²) in [7, 11) is 0. The maximum atomic E-state index is 10.9. The van der Waals surface area contributed by atoms with E-state index in [-0.39, 0.29) is 25.7 Å². The molecule has 0 spiro atoms. The number of hydrogen-bond donors (Lipinski definition) is 2. The molecule has 0 saturated heterocycles. The van der Waals surface area contributed by atoms with Crippen molar-refractivity contribution in [3.05, 3.63) is 0 Å². The van der Waals surface area contributed by atoms with E-state index >= 15 is 0 Å². The monoisotopic (exact) mass is 189 g/mol. The highest BCUT2D eigenvalue weighted by Gasteiger charge is 2.10. The van der Waals surface area contributed by atoms with Crippen LogP contribution in [0.25, 0.3) is 0 Å². The van der Waals surface area contributed by atoms with Crippen LogP contribution in [0, 0.1) is 5.92 Å². The van der Waals surface area contributed by atoms with Crippen molar-refractivity contribution in [2.75, 3.05) is 19.8 Å². The highest BCUT2D eigenvalue weighted by atomic mass is 16.5. The molecule has 0 atom stereocenters. The molecule has 1 amide bonds. The number of hydrogen-bond acceptors (Lipinski definition) is 4. The quantitative estimate of drug-likeness (QED) is 0.560. The summed E-state index contributed by atoms with van der Waals surface area (Å²) in [5.41, 5.74) is 0. The van der Waals surface area contributed by atoms with Crippen LogP contribution in [0.15, 0.2) is 0 Å². The Bertz CT molecular complexity index is 179. The Kier molecular flexibility index (Phi) is 5.88. The summed E-state index contributed by atoms with van der Waals surface area (Å²) >= 11 is 0. The Morgan fingerprint density at radius 1 is 1.46 bits per heavy atom. The molecule has 0 aliphatic rings. The minimum Gasteiger partial charge on any atom is -0.455 e. The van der Waals surface area contributed by atoms with Gasteiger partial charge in [-0.05, 0) is 0 Å². The zero-order valence-corrected chi connectivity index (χ0v) is 7.87. The minimum atomic E-state index is -0.404. The van der Waals surface area contributed by atoms with E-state index in [1.807, 2.05) is 0 Å². The molecule has 76 valence electrons. The number of esters is 1. The summed E-state index contributed by atoms with van der Waals surface area (Å²) in [4.78, 5) is 21.7. The van der Waals surface area contributed by atoms with Crippen LogP contribution < -0.4 is 5.32 Å². The molecule has 2 N–H and O–H groups in total. The largest absolute Gasteiger partial charge is 0.455 e. The average molecular weight is 189 g/mol. The molecule has 0 radical (unpaired) electrons. The molecule has 0 fully saturated rings. The summed E-state index contributed by atoms with van der Waals surface area (Å²) in [5.74, 6) is -1.03. The van der Waals surface area contributed by atoms with Gasteiger partial charge in [0.05, 0.1) is 12.5 Å². The summed E-state index contributed by atoms with van der Waals surface area (Å²) in [6.45, 7) is 3.15. The molecule has 0 saturated carbocycles. The Morgan fingerprint density at radius 2 is 2.08 bits per heavy atom. The number of aliphatic hydroxyl groups is 1. The van der Waals surface area contributed by atoms with Crippen molar-refractivity contribution in [2.24, 2.45) is 5.92 Å². The Morgan fingerprint density at radius 3 is 2.54 bits per heavy atom. The lowest BCUT2D eigenvalue weighted by Gasteiger charge is -2.06. The van der Waals surface area contributed by atoms with Crippen molar-refractivity contribution in [1.82, 2.24) is 5.32 Å². The van der Waals surface area contributed by atoms with Crippen LogP contribution in [-0.4, -0.2) is 36.7 Å². The fourth-order valence-electron chi connectivity index (χ4n) is 0.550. The van der Waals surface area contributed by atoms with Crippen LogP contribution in [0.1, 0.15) is 13.8 Å². The van der Waals surface area contributed by atoms with Gasteiger partial charge in [-0.3, -0.25) is 9.59 Å². The number of amides is 1. The normalized spacial score (nSPS) is 9.85. The van der Waals surface area contributed by atoms with Gasteiger partial charge >= 0.3 is 5.97 Å². The predicted molar refractivity (Wildman–Crippen MR) is 45.9 cm³/mol. The molecular formula is C8H15NO4. The lowest BCUT2D eigenvalue weighted by molar-refractivity contribution is -0.151. The van der Waals surface area contributed by atoms with Gasteiger partial charge in [0.15, 0.2) is 6.61 Å². The second-order valence-corrected chi connectivity index (χ2v) is 2.84. The van der Waals surface area contributed by atoms with Crippen molar-refractivity contribution < 1.29 is 19.4 Å². The SMILES string of the molecule is CC(C)C(=O)OCC(=O)NCCO. The van der Waals surface area contributed by atoms with Crippen LogP contribution in [0.5, 0.6) is 0 Å². The van der Waals surface area contributed by atoms with Crippen molar-refractivity contribution in [3.63, 3.8) is 0 Å². The Hall–Kier alpha value is -1.10. The van der Waals surface area contributed by atoms with Crippen LogP contribution in [-0.2, 0) is 14.3 Å². The molecule has 5 nitrogen and oxygen atoms in total. The van der Waals surface area contributed by atoms with Gasteiger partial charge in [0.1, 0.15) is 0 Å².